The molecule has 0 bridgehead atoms. The van der Waals surface area contributed by atoms with E-state index in [0.717, 1.165) is 18.4 Å². The molecule has 1 aromatic rings. The van der Waals surface area contributed by atoms with Crippen molar-refractivity contribution in [1.29, 1.82) is 0 Å². The van der Waals surface area contributed by atoms with Crippen LogP contribution in [0.15, 0.2) is 11.4 Å². The van der Waals surface area contributed by atoms with Gasteiger partial charge < -0.3 is 14.7 Å². The first-order valence-corrected chi connectivity index (χ1v) is 7.14. The van der Waals surface area contributed by atoms with Crippen molar-refractivity contribution in [2.24, 2.45) is 5.92 Å². The Bertz CT molecular complexity index is 561. The van der Waals surface area contributed by atoms with Crippen LogP contribution in [-0.4, -0.2) is 42.3 Å². The summed E-state index contributed by atoms with van der Waals surface area (Å²) in [6.07, 6.45) is 0.651. The Labute approximate surface area is 121 Å². The summed E-state index contributed by atoms with van der Waals surface area (Å²) < 4.78 is 4.64. The number of hydrogen-bond acceptors (Lipinski definition) is 4. The zero-order valence-electron chi connectivity index (χ0n) is 11.1. The molecule has 0 aromatic carbocycles. The van der Waals surface area contributed by atoms with Crippen molar-refractivity contribution in [3.05, 3.63) is 21.9 Å². The zero-order valence-corrected chi connectivity index (χ0v) is 11.9. The SMILES string of the molecule is COC(=O)c1cc(C#CC2CCN(C(=O)O)CC2)cs1. The lowest BCUT2D eigenvalue weighted by Crippen LogP contribution is -2.37. The molecule has 0 spiro atoms. The van der Waals surface area contributed by atoms with Gasteiger partial charge in [0.2, 0.25) is 0 Å². The molecule has 0 aliphatic carbocycles. The third-order valence-electron chi connectivity index (χ3n) is 3.17. The first-order valence-electron chi connectivity index (χ1n) is 6.26. The highest BCUT2D eigenvalue weighted by atomic mass is 32.1. The second kappa shape index (κ2) is 6.44. The number of carbonyl (C=O) groups excluding carboxylic acids is 1. The van der Waals surface area contributed by atoms with Gasteiger partial charge in [0.05, 0.1) is 7.11 Å². The average molecular weight is 293 g/mol. The highest BCUT2D eigenvalue weighted by molar-refractivity contribution is 7.12. The molecule has 2 heterocycles. The lowest BCUT2D eigenvalue weighted by Gasteiger charge is -2.27. The maximum absolute atomic E-state index is 11.3. The van der Waals surface area contributed by atoms with E-state index in [-0.39, 0.29) is 11.9 Å². The maximum Gasteiger partial charge on any atom is 0.407 e. The number of esters is 1. The molecule has 1 aromatic heterocycles. The fraction of sp³-hybridized carbons (Fsp3) is 0.429. The molecule has 1 saturated heterocycles. The lowest BCUT2D eigenvalue weighted by molar-refractivity contribution is 0.0606. The largest absolute Gasteiger partial charge is 0.465 e. The van der Waals surface area contributed by atoms with Gasteiger partial charge in [0.25, 0.3) is 0 Å². The summed E-state index contributed by atoms with van der Waals surface area (Å²) in [6, 6.07) is 1.72. The van der Waals surface area contributed by atoms with E-state index >= 15 is 0 Å². The number of thiophene rings is 1. The van der Waals surface area contributed by atoms with E-state index in [9.17, 15) is 9.59 Å². The molecule has 1 N–H and O–H groups in total. The number of carboxylic acid groups (broad SMARTS) is 1. The minimum Gasteiger partial charge on any atom is -0.465 e. The summed E-state index contributed by atoms with van der Waals surface area (Å²) in [6.45, 7) is 1.07. The third-order valence-corrected chi connectivity index (χ3v) is 4.08. The first-order chi connectivity index (χ1) is 9.60. The molecule has 1 aliphatic rings. The van der Waals surface area contributed by atoms with Crippen LogP contribution in [0.5, 0.6) is 0 Å². The average Bonchev–Trinajstić information content (AvgIpc) is 2.93. The molecule has 2 rings (SSSR count). The molecule has 0 saturated carbocycles. The number of ether oxygens (including phenoxy) is 1. The summed E-state index contributed by atoms with van der Waals surface area (Å²) in [4.78, 5) is 24.0. The summed E-state index contributed by atoms with van der Waals surface area (Å²) in [5.74, 6) is 6.06. The summed E-state index contributed by atoms with van der Waals surface area (Å²) in [7, 11) is 1.35. The van der Waals surface area contributed by atoms with E-state index in [1.807, 2.05) is 5.38 Å². The smallest absolute Gasteiger partial charge is 0.407 e. The van der Waals surface area contributed by atoms with Gasteiger partial charge in [-0.25, -0.2) is 9.59 Å². The summed E-state index contributed by atoms with van der Waals surface area (Å²) in [5.41, 5.74) is 0.802. The van der Waals surface area contributed by atoms with Crippen molar-refractivity contribution >= 4 is 23.4 Å². The number of methoxy groups -OCH3 is 1. The Morgan fingerprint density at radius 3 is 2.75 bits per heavy atom. The van der Waals surface area contributed by atoms with Crippen LogP contribution in [0.25, 0.3) is 0 Å². The minimum atomic E-state index is -0.864. The van der Waals surface area contributed by atoms with Crippen LogP contribution in [0.4, 0.5) is 4.79 Å². The van der Waals surface area contributed by atoms with E-state index in [2.05, 4.69) is 16.6 Å². The van der Waals surface area contributed by atoms with E-state index in [4.69, 9.17) is 5.11 Å². The van der Waals surface area contributed by atoms with Crippen LogP contribution in [0.2, 0.25) is 0 Å². The van der Waals surface area contributed by atoms with Crippen molar-refractivity contribution < 1.29 is 19.4 Å². The van der Waals surface area contributed by atoms with Crippen LogP contribution in [0.1, 0.15) is 28.1 Å². The number of likely N-dealkylation sites (tertiary alicyclic amines) is 1. The number of piperidine rings is 1. The van der Waals surface area contributed by atoms with Gasteiger partial charge in [0.15, 0.2) is 0 Å². The normalized spacial score (nSPS) is 15.3. The van der Waals surface area contributed by atoms with Crippen molar-refractivity contribution in [1.82, 2.24) is 4.90 Å². The molecule has 0 unspecified atom stereocenters. The van der Waals surface area contributed by atoms with Crippen molar-refractivity contribution in [3.8, 4) is 11.8 Å². The second-order valence-corrected chi connectivity index (χ2v) is 5.42. The molecule has 1 fully saturated rings. The number of hydrogen-bond donors (Lipinski definition) is 1. The highest BCUT2D eigenvalue weighted by Crippen LogP contribution is 2.18. The monoisotopic (exact) mass is 293 g/mol. The van der Waals surface area contributed by atoms with Gasteiger partial charge in [-0.3, -0.25) is 0 Å². The Morgan fingerprint density at radius 2 is 2.15 bits per heavy atom. The van der Waals surface area contributed by atoms with Crippen LogP contribution < -0.4 is 0 Å². The van der Waals surface area contributed by atoms with E-state index in [0.29, 0.717) is 18.0 Å². The standard InChI is InChI=1S/C14H15NO4S/c1-19-13(16)12-8-11(9-20-12)3-2-10-4-6-15(7-5-10)14(17)18/h8-10H,4-7H2,1H3,(H,17,18). The molecule has 0 radical (unpaired) electrons. The molecule has 20 heavy (non-hydrogen) atoms. The molecule has 106 valence electrons. The van der Waals surface area contributed by atoms with E-state index in [1.54, 1.807) is 6.07 Å². The predicted octanol–water partition coefficient (Wildman–Crippen LogP) is 2.28. The van der Waals surface area contributed by atoms with Crippen molar-refractivity contribution in [2.45, 2.75) is 12.8 Å². The number of rotatable bonds is 1. The Balaban J connectivity index is 1.93. The van der Waals surface area contributed by atoms with Gasteiger partial charge >= 0.3 is 12.1 Å². The van der Waals surface area contributed by atoms with E-state index in [1.165, 1.54) is 23.3 Å². The first kappa shape index (κ1) is 14.4. The van der Waals surface area contributed by atoms with Crippen LogP contribution in [-0.2, 0) is 4.74 Å². The van der Waals surface area contributed by atoms with Gasteiger partial charge in [-0.1, -0.05) is 11.8 Å². The molecular formula is C14H15NO4S. The zero-order chi connectivity index (χ0) is 14.5. The van der Waals surface area contributed by atoms with Gasteiger partial charge in [-0.2, -0.15) is 0 Å². The number of amides is 1. The second-order valence-electron chi connectivity index (χ2n) is 4.50. The Kier molecular flexibility index (Phi) is 4.64. The van der Waals surface area contributed by atoms with Crippen LogP contribution >= 0.6 is 11.3 Å². The summed E-state index contributed by atoms with van der Waals surface area (Å²) >= 11 is 1.31. The molecule has 1 aliphatic heterocycles. The number of carbonyl (C=O) groups is 2. The lowest BCUT2D eigenvalue weighted by atomic mass is 9.97. The van der Waals surface area contributed by atoms with Gasteiger partial charge in [-0.05, 0) is 18.9 Å². The molecule has 1 amide bonds. The highest BCUT2D eigenvalue weighted by Gasteiger charge is 2.20. The molecule has 6 heteroatoms. The summed E-state index contributed by atoms with van der Waals surface area (Å²) in [5, 5.41) is 10.7. The fourth-order valence-electron chi connectivity index (χ4n) is 2.01. The molecule has 0 atom stereocenters. The van der Waals surface area contributed by atoms with Gasteiger partial charge in [0.1, 0.15) is 4.88 Å². The maximum atomic E-state index is 11.3. The van der Waals surface area contributed by atoms with Gasteiger partial charge in [0, 0.05) is 30.0 Å². The van der Waals surface area contributed by atoms with Crippen molar-refractivity contribution in [2.75, 3.05) is 20.2 Å². The quantitative estimate of drug-likeness (QED) is 0.637. The molecular weight excluding hydrogens is 278 g/mol. The van der Waals surface area contributed by atoms with Crippen LogP contribution in [0.3, 0.4) is 0 Å². The topological polar surface area (TPSA) is 66.8 Å². The molecule has 5 nitrogen and oxygen atoms in total. The third kappa shape index (κ3) is 3.52. The van der Waals surface area contributed by atoms with Gasteiger partial charge in [-0.15, -0.1) is 11.3 Å². The van der Waals surface area contributed by atoms with E-state index < -0.39 is 6.09 Å². The Hall–Kier alpha value is -2.00. The minimum absolute atomic E-state index is 0.215. The van der Waals surface area contributed by atoms with Crippen molar-refractivity contribution in [3.63, 3.8) is 0 Å². The fourth-order valence-corrected chi connectivity index (χ4v) is 2.77. The number of nitrogens with zero attached hydrogens (tertiary/aromatic N) is 1. The van der Waals surface area contributed by atoms with Crippen LogP contribution in [0, 0.1) is 17.8 Å². The predicted molar refractivity (Wildman–Crippen MR) is 74.9 cm³/mol. The Morgan fingerprint density at radius 1 is 1.45 bits per heavy atom.